The normalized spacial score (nSPS) is 12.2. The smallest absolute Gasteiger partial charge is 0.0613 e. The summed E-state index contributed by atoms with van der Waals surface area (Å²) >= 11 is 0. The summed E-state index contributed by atoms with van der Waals surface area (Å²) in [5.41, 5.74) is 30.3. The average Bonchev–Trinajstić information content (AvgIpc) is 1.47. The molecule has 0 N–H and O–H groups in total. The van der Waals surface area contributed by atoms with Gasteiger partial charge >= 0.3 is 0 Å². The van der Waals surface area contributed by atoms with Crippen LogP contribution in [0.2, 0.25) is 0 Å². The summed E-state index contributed by atoms with van der Waals surface area (Å²) in [6.45, 7) is 18.4. The van der Waals surface area contributed by atoms with E-state index in [0.29, 0.717) is 0 Å². The Hall–Kier alpha value is -15.4. The maximum Gasteiger partial charge on any atom is 0.0613 e. The highest BCUT2D eigenvalue weighted by atomic mass is 15.0. The monoisotopic (exact) mass is 1580 g/mol. The Morgan fingerprint density at radius 3 is 0.661 bits per heavy atom. The van der Waals surface area contributed by atoms with Crippen molar-refractivity contribution in [3.05, 3.63) is 409 Å². The van der Waals surface area contributed by atoms with Crippen LogP contribution in [-0.4, -0.2) is 18.3 Å². The largest absolute Gasteiger partial charge is 0.312 e. The van der Waals surface area contributed by atoms with E-state index in [2.05, 4.69) is 438 Å². The predicted octanol–water partition coefficient (Wildman–Crippen LogP) is 33.0. The van der Waals surface area contributed by atoms with Gasteiger partial charge < -0.3 is 18.3 Å². The third kappa shape index (κ3) is 10.1. The lowest BCUT2D eigenvalue weighted by Crippen LogP contribution is -2.00. The van der Waals surface area contributed by atoms with Gasteiger partial charge in [-0.3, -0.25) is 0 Å². The summed E-state index contributed by atoms with van der Waals surface area (Å²) in [6, 6.07) is 136. The van der Waals surface area contributed by atoms with Gasteiger partial charge in [0.1, 0.15) is 0 Å². The van der Waals surface area contributed by atoms with Crippen LogP contribution in [-0.2, 0) is 0 Å². The van der Waals surface area contributed by atoms with Crippen LogP contribution in [0.1, 0.15) is 45.0 Å². The highest BCUT2D eigenvalue weighted by molar-refractivity contribution is 6.35. The Kier molecular flexibility index (Phi) is 15.6. The first kappa shape index (κ1) is 71.5. The van der Waals surface area contributed by atoms with Crippen LogP contribution < -0.4 is 0 Å². The number of benzene rings is 22. The number of fused-ring (bicyclic) bond motifs is 14. The number of hydrogen-bond donors (Lipinski definition) is 0. The van der Waals surface area contributed by atoms with Crippen LogP contribution in [0.3, 0.4) is 0 Å². The van der Waals surface area contributed by atoms with Crippen LogP contribution in [0.5, 0.6) is 0 Å². The van der Waals surface area contributed by atoms with Gasteiger partial charge in [-0.1, -0.05) is 315 Å². The minimum Gasteiger partial charge on any atom is -0.312 e. The first-order valence-corrected chi connectivity index (χ1v) is 43.6. The van der Waals surface area contributed by atoms with Crippen LogP contribution in [0.15, 0.2) is 364 Å². The third-order valence-corrected chi connectivity index (χ3v) is 28.6. The molecule has 0 spiro atoms. The number of rotatable bonds is 8. The van der Waals surface area contributed by atoms with Crippen LogP contribution in [0.4, 0.5) is 0 Å². The Bertz CT molecular complexity index is 8530. The molecule has 4 aromatic heterocycles. The van der Waals surface area contributed by atoms with Gasteiger partial charge in [-0.15, -0.1) is 0 Å². The number of aryl methyl sites for hydroxylation is 4. The summed E-state index contributed by atoms with van der Waals surface area (Å²) in [6.07, 6.45) is 0. The molecular weight excluding hydrogens is 1500 g/mol. The molecule has 4 heterocycles. The number of hydrogen-bond acceptors (Lipinski definition) is 0. The van der Waals surface area contributed by atoms with Crippen molar-refractivity contribution in [1.29, 1.82) is 0 Å². The molecule has 0 amide bonds. The third-order valence-electron chi connectivity index (χ3n) is 28.6. The molecule has 22 aromatic carbocycles. The van der Waals surface area contributed by atoms with Crippen molar-refractivity contribution in [3.63, 3.8) is 0 Å². The molecule has 0 saturated carbocycles. The molecule has 0 radical (unpaired) electrons. The van der Waals surface area contributed by atoms with E-state index in [9.17, 15) is 0 Å². The summed E-state index contributed by atoms with van der Waals surface area (Å²) in [7, 11) is 0. The molecule has 584 valence electrons. The second kappa shape index (κ2) is 27.1. The number of nitrogens with zero attached hydrogens (tertiary/aromatic N) is 4. The van der Waals surface area contributed by atoms with Crippen LogP contribution in [0, 0.1) is 55.4 Å². The molecule has 4 nitrogen and oxygen atoms in total. The fourth-order valence-corrected chi connectivity index (χ4v) is 22.3. The molecule has 0 bridgehead atoms. The minimum atomic E-state index is 1.21. The van der Waals surface area contributed by atoms with E-state index >= 15 is 0 Å². The van der Waals surface area contributed by atoms with E-state index in [1.54, 1.807) is 0 Å². The zero-order valence-electron chi connectivity index (χ0n) is 70.4. The van der Waals surface area contributed by atoms with E-state index < -0.39 is 0 Å². The molecular formula is C120H84N4. The first-order chi connectivity index (χ1) is 60.9. The fourth-order valence-electron chi connectivity index (χ4n) is 22.3. The standard InChI is InChI=1S/C64H44N2.C56H40N2/c1-37-39(3)65(59-33-31-51(49-21-9-11-23-53(49)59)47-25-13-17-41-15-5-7-19-45(41)47)63-55-29-28-44-36-58-38(2)40(4)66(64(58)56-30-27-43(35-57(37)63)61(55)62(44)56)60-34-32-52(50-22-10-12-24-54(50)60)48-26-14-18-42-16-6-8-20-46(42)48;1-33-35(3)57(51-29-27-41(37-15-7-5-8-16-37)43-19-11-13-21-45(43)51)55-47-25-24-40-32-50-34(2)36(4)58(56(50)48-26-23-39(31-49(33)55)53(47)54(40)48)52-30-28-42(38-17-9-6-10-18-38)44-20-12-14-22-46(44)52/h5-36H,1-4H3;5-32H,1-4H3. The van der Waals surface area contributed by atoms with E-state index in [1.165, 1.54) is 285 Å². The first-order valence-electron chi connectivity index (χ1n) is 43.6. The molecule has 0 fully saturated rings. The van der Waals surface area contributed by atoms with Gasteiger partial charge in [-0.25, -0.2) is 0 Å². The van der Waals surface area contributed by atoms with E-state index in [0.717, 1.165) is 0 Å². The summed E-state index contributed by atoms with van der Waals surface area (Å²) < 4.78 is 10.2. The van der Waals surface area contributed by atoms with Gasteiger partial charge in [0, 0.05) is 87.4 Å². The Balaban J connectivity index is 0.000000137. The summed E-state index contributed by atoms with van der Waals surface area (Å²) in [5, 5.41) is 36.0. The maximum atomic E-state index is 2.56. The van der Waals surface area contributed by atoms with Crippen LogP contribution in [0.25, 0.3) is 240 Å². The fraction of sp³-hybridized carbons (Fsp3) is 0.0667. The van der Waals surface area contributed by atoms with Gasteiger partial charge in [0.15, 0.2) is 0 Å². The zero-order chi connectivity index (χ0) is 82.8. The second-order valence-corrected chi connectivity index (χ2v) is 34.6. The van der Waals surface area contributed by atoms with Crippen molar-refractivity contribution in [3.8, 4) is 67.3 Å². The zero-order valence-corrected chi connectivity index (χ0v) is 70.4. The van der Waals surface area contributed by atoms with Crippen LogP contribution >= 0.6 is 0 Å². The lowest BCUT2D eigenvalue weighted by Gasteiger charge is -2.19. The highest BCUT2D eigenvalue weighted by Crippen LogP contribution is 2.52. The molecule has 0 aliphatic carbocycles. The SMILES string of the molecule is Cc1c(C)n(-c2ccc(-c3cccc4ccccc34)c3ccccc23)c2c1cc1ccc3c4c(ccc2c14)cc1c(C)c(C)n(-c2ccc(-c4cccc5ccccc45)c4ccccc24)c13.Cc1c(C)n(-c2ccc(-c3ccccc3)c3ccccc23)c2c1cc1ccc3c4c(ccc2c14)cc1c(C)c(C)n(-c2ccc(-c4ccccc4)c4ccccc24)c13. The van der Waals surface area contributed by atoms with Gasteiger partial charge in [-0.05, 0) is 257 Å². The van der Waals surface area contributed by atoms with Gasteiger partial charge in [0.25, 0.3) is 0 Å². The lowest BCUT2D eigenvalue weighted by atomic mass is 9.90. The molecule has 26 aromatic rings. The Morgan fingerprint density at radius 2 is 0.371 bits per heavy atom. The van der Waals surface area contributed by atoms with Gasteiger partial charge in [0.05, 0.1) is 44.8 Å². The second-order valence-electron chi connectivity index (χ2n) is 34.6. The number of aromatic nitrogens is 4. The summed E-state index contributed by atoms with van der Waals surface area (Å²) in [4.78, 5) is 0. The highest BCUT2D eigenvalue weighted by Gasteiger charge is 2.29. The molecule has 26 rings (SSSR count). The molecule has 124 heavy (non-hydrogen) atoms. The topological polar surface area (TPSA) is 19.7 Å². The molecule has 0 aliphatic heterocycles. The molecule has 0 aliphatic rings. The van der Waals surface area contributed by atoms with Crippen molar-refractivity contribution in [2.24, 2.45) is 0 Å². The van der Waals surface area contributed by atoms with Gasteiger partial charge in [0.2, 0.25) is 0 Å². The lowest BCUT2D eigenvalue weighted by molar-refractivity contribution is 1.05. The molecule has 0 saturated heterocycles. The van der Waals surface area contributed by atoms with Crippen molar-refractivity contribution in [1.82, 2.24) is 18.3 Å². The minimum absolute atomic E-state index is 1.21. The molecule has 4 heteroatoms. The summed E-state index contributed by atoms with van der Waals surface area (Å²) in [5.74, 6) is 0. The van der Waals surface area contributed by atoms with E-state index in [-0.39, 0.29) is 0 Å². The predicted molar refractivity (Wildman–Crippen MR) is 532 cm³/mol. The average molecular weight is 1580 g/mol. The Morgan fingerprint density at radius 1 is 0.145 bits per heavy atom. The quantitative estimate of drug-likeness (QED) is 0.135. The van der Waals surface area contributed by atoms with Crippen molar-refractivity contribution >= 4 is 173 Å². The van der Waals surface area contributed by atoms with Gasteiger partial charge in [-0.2, -0.15) is 0 Å². The van der Waals surface area contributed by atoms with Crippen molar-refractivity contribution < 1.29 is 0 Å². The molecule has 0 atom stereocenters. The Labute approximate surface area is 717 Å². The van der Waals surface area contributed by atoms with E-state index in [1.807, 2.05) is 0 Å². The van der Waals surface area contributed by atoms with E-state index in [4.69, 9.17) is 0 Å². The maximum absolute atomic E-state index is 2.56. The van der Waals surface area contributed by atoms with Crippen molar-refractivity contribution in [2.45, 2.75) is 55.4 Å². The van der Waals surface area contributed by atoms with Crippen molar-refractivity contribution in [2.75, 3.05) is 0 Å². The molecule has 0 unspecified atom stereocenters.